The van der Waals surface area contributed by atoms with Crippen LogP contribution in [0.2, 0.25) is 5.02 Å². The molecule has 0 aliphatic heterocycles. The highest BCUT2D eigenvalue weighted by Crippen LogP contribution is 2.19. The van der Waals surface area contributed by atoms with Gasteiger partial charge in [0.2, 0.25) is 0 Å². The van der Waals surface area contributed by atoms with Gasteiger partial charge in [0.1, 0.15) is 11.9 Å². The van der Waals surface area contributed by atoms with Gasteiger partial charge in [-0.1, -0.05) is 48.0 Å². The van der Waals surface area contributed by atoms with Crippen molar-refractivity contribution in [1.29, 1.82) is 0 Å². The van der Waals surface area contributed by atoms with Gasteiger partial charge in [0, 0.05) is 11.6 Å². The van der Waals surface area contributed by atoms with Crippen LogP contribution in [-0.2, 0) is 11.3 Å². The molecule has 2 aromatic rings. The van der Waals surface area contributed by atoms with Crippen molar-refractivity contribution in [1.82, 2.24) is 5.32 Å². The summed E-state index contributed by atoms with van der Waals surface area (Å²) in [4.78, 5) is 11.3. The van der Waals surface area contributed by atoms with Crippen molar-refractivity contribution in [2.24, 2.45) is 0 Å². The van der Waals surface area contributed by atoms with Gasteiger partial charge >= 0.3 is 5.97 Å². The first kappa shape index (κ1) is 14.5. The Balaban J connectivity index is 2.12. The summed E-state index contributed by atoms with van der Waals surface area (Å²) in [6, 6.07) is 12.0. The van der Waals surface area contributed by atoms with Gasteiger partial charge in [-0.3, -0.25) is 10.1 Å². The van der Waals surface area contributed by atoms with Gasteiger partial charge in [0.15, 0.2) is 0 Å². The number of carboxylic acids is 1. The Kier molecular flexibility index (Phi) is 4.71. The first-order valence-electron chi connectivity index (χ1n) is 6.03. The van der Waals surface area contributed by atoms with E-state index in [1.54, 1.807) is 24.3 Å². The molecule has 2 aromatic carbocycles. The zero-order chi connectivity index (χ0) is 14.5. The third kappa shape index (κ3) is 3.56. The van der Waals surface area contributed by atoms with Crippen molar-refractivity contribution in [3.05, 3.63) is 70.5 Å². The monoisotopic (exact) mass is 293 g/mol. The maximum atomic E-state index is 12.9. The highest BCUT2D eigenvalue weighted by molar-refractivity contribution is 6.31. The Bertz CT molecular complexity index is 604. The molecule has 2 N–H and O–H groups in total. The van der Waals surface area contributed by atoms with Gasteiger partial charge in [-0.05, 0) is 23.3 Å². The van der Waals surface area contributed by atoms with Gasteiger partial charge in [-0.15, -0.1) is 0 Å². The van der Waals surface area contributed by atoms with Crippen LogP contribution in [0.15, 0.2) is 48.5 Å². The Morgan fingerprint density at radius 2 is 1.95 bits per heavy atom. The largest absolute Gasteiger partial charge is 0.480 e. The molecule has 0 saturated carbocycles. The van der Waals surface area contributed by atoms with E-state index in [1.807, 2.05) is 6.07 Å². The van der Waals surface area contributed by atoms with Crippen LogP contribution in [0.4, 0.5) is 4.39 Å². The van der Waals surface area contributed by atoms with Crippen LogP contribution in [-0.4, -0.2) is 11.1 Å². The van der Waals surface area contributed by atoms with Gasteiger partial charge < -0.3 is 5.11 Å². The van der Waals surface area contributed by atoms with Crippen LogP contribution in [0, 0.1) is 5.82 Å². The third-order valence-electron chi connectivity index (χ3n) is 2.89. The fraction of sp³-hybridized carbons (Fsp3) is 0.133. The number of hydrogen-bond donors (Lipinski definition) is 2. The molecule has 3 nitrogen and oxygen atoms in total. The van der Waals surface area contributed by atoms with E-state index in [-0.39, 0.29) is 11.6 Å². The van der Waals surface area contributed by atoms with Crippen LogP contribution in [0.5, 0.6) is 0 Å². The molecule has 0 spiro atoms. The molecular weight excluding hydrogens is 281 g/mol. The molecule has 1 atom stereocenters. The lowest BCUT2D eigenvalue weighted by Crippen LogP contribution is -2.28. The maximum Gasteiger partial charge on any atom is 0.325 e. The topological polar surface area (TPSA) is 49.3 Å². The molecule has 20 heavy (non-hydrogen) atoms. The van der Waals surface area contributed by atoms with E-state index in [2.05, 4.69) is 5.32 Å². The van der Waals surface area contributed by atoms with Gasteiger partial charge in [0.05, 0.1) is 0 Å². The number of hydrogen-bond acceptors (Lipinski definition) is 2. The molecular formula is C15H13ClFNO2. The lowest BCUT2D eigenvalue weighted by molar-refractivity contribution is -0.139. The van der Waals surface area contributed by atoms with Gasteiger partial charge in [0.25, 0.3) is 0 Å². The van der Waals surface area contributed by atoms with Gasteiger partial charge in [-0.25, -0.2) is 4.39 Å². The van der Waals surface area contributed by atoms with Crippen LogP contribution in [0.25, 0.3) is 0 Å². The zero-order valence-corrected chi connectivity index (χ0v) is 11.3. The average molecular weight is 294 g/mol. The van der Waals surface area contributed by atoms with Crippen molar-refractivity contribution in [3.63, 3.8) is 0 Å². The standard InChI is InChI=1S/C15H13ClFNO2/c16-13-8-12(17)7-6-11(13)9-18-14(15(19)20)10-4-2-1-3-5-10/h1-8,14,18H,9H2,(H,19,20). The number of aliphatic carboxylic acids is 1. The second kappa shape index (κ2) is 6.50. The van der Waals surface area contributed by atoms with Crippen LogP contribution < -0.4 is 5.32 Å². The van der Waals surface area contributed by atoms with Crippen molar-refractivity contribution in [2.45, 2.75) is 12.6 Å². The van der Waals surface area contributed by atoms with E-state index >= 15 is 0 Å². The van der Waals surface area contributed by atoms with E-state index in [0.717, 1.165) is 0 Å². The lowest BCUT2D eigenvalue weighted by atomic mass is 10.1. The zero-order valence-electron chi connectivity index (χ0n) is 10.5. The number of rotatable bonds is 5. The molecule has 0 radical (unpaired) electrons. The molecule has 1 unspecified atom stereocenters. The predicted molar refractivity (Wildman–Crippen MR) is 75.1 cm³/mol. The Morgan fingerprint density at radius 1 is 1.25 bits per heavy atom. The van der Waals surface area contributed by atoms with Crippen LogP contribution >= 0.6 is 11.6 Å². The van der Waals surface area contributed by atoms with E-state index in [0.29, 0.717) is 11.1 Å². The second-order valence-corrected chi connectivity index (χ2v) is 4.71. The highest BCUT2D eigenvalue weighted by atomic mass is 35.5. The molecule has 5 heteroatoms. The molecule has 0 aliphatic carbocycles. The van der Waals surface area contributed by atoms with Crippen molar-refractivity contribution < 1.29 is 14.3 Å². The molecule has 104 valence electrons. The number of nitrogens with one attached hydrogen (secondary N) is 1. The predicted octanol–water partition coefficient (Wildman–Crippen LogP) is 3.39. The molecule has 0 bridgehead atoms. The molecule has 0 aromatic heterocycles. The smallest absolute Gasteiger partial charge is 0.325 e. The van der Waals surface area contributed by atoms with Gasteiger partial charge in [-0.2, -0.15) is 0 Å². The Hall–Kier alpha value is -1.91. The maximum absolute atomic E-state index is 12.9. The fourth-order valence-electron chi connectivity index (χ4n) is 1.87. The van der Waals surface area contributed by atoms with E-state index in [9.17, 15) is 14.3 Å². The number of halogens is 2. The summed E-state index contributed by atoms with van der Waals surface area (Å²) in [7, 11) is 0. The van der Waals surface area contributed by atoms with Crippen molar-refractivity contribution in [3.8, 4) is 0 Å². The SMILES string of the molecule is O=C(O)C(NCc1ccc(F)cc1Cl)c1ccccc1. The number of carbonyl (C=O) groups is 1. The van der Waals surface area contributed by atoms with Crippen molar-refractivity contribution in [2.75, 3.05) is 0 Å². The summed E-state index contributed by atoms with van der Waals surface area (Å²) < 4.78 is 12.9. The summed E-state index contributed by atoms with van der Waals surface area (Å²) in [5, 5.41) is 12.4. The molecule has 0 fully saturated rings. The minimum absolute atomic E-state index is 0.241. The molecule has 0 aliphatic rings. The van der Waals surface area contributed by atoms with E-state index < -0.39 is 17.8 Å². The van der Waals surface area contributed by atoms with E-state index in [4.69, 9.17) is 11.6 Å². The third-order valence-corrected chi connectivity index (χ3v) is 3.24. The second-order valence-electron chi connectivity index (χ2n) is 4.30. The van der Waals surface area contributed by atoms with Crippen molar-refractivity contribution >= 4 is 17.6 Å². The van der Waals surface area contributed by atoms with Crippen LogP contribution in [0.1, 0.15) is 17.2 Å². The molecule has 2 rings (SSSR count). The minimum atomic E-state index is -0.977. The highest BCUT2D eigenvalue weighted by Gasteiger charge is 2.19. The summed E-state index contributed by atoms with van der Waals surface area (Å²) in [6.07, 6.45) is 0. The Morgan fingerprint density at radius 3 is 2.55 bits per heavy atom. The van der Waals surface area contributed by atoms with E-state index in [1.165, 1.54) is 18.2 Å². The van der Waals surface area contributed by atoms with Crippen LogP contribution in [0.3, 0.4) is 0 Å². The Labute approximate surface area is 121 Å². The summed E-state index contributed by atoms with van der Waals surface area (Å²) in [6.45, 7) is 0.241. The number of benzene rings is 2. The quantitative estimate of drug-likeness (QED) is 0.888. The molecule has 0 saturated heterocycles. The first-order valence-corrected chi connectivity index (χ1v) is 6.41. The lowest BCUT2D eigenvalue weighted by Gasteiger charge is -2.15. The summed E-state index contributed by atoms with van der Waals surface area (Å²) >= 11 is 5.91. The average Bonchev–Trinajstić information content (AvgIpc) is 2.42. The molecule has 0 amide bonds. The number of carboxylic acid groups (broad SMARTS) is 1. The molecule has 0 heterocycles. The fourth-order valence-corrected chi connectivity index (χ4v) is 2.10. The minimum Gasteiger partial charge on any atom is -0.480 e. The summed E-state index contributed by atoms with van der Waals surface area (Å²) in [5.41, 5.74) is 1.30. The summed E-state index contributed by atoms with van der Waals surface area (Å²) in [5.74, 6) is -1.40. The first-order chi connectivity index (χ1) is 9.58. The normalized spacial score (nSPS) is 12.1.